The summed E-state index contributed by atoms with van der Waals surface area (Å²) >= 11 is 6.50. The molecule has 0 unspecified atom stereocenters. The number of methoxy groups -OCH3 is 1. The molecule has 0 bridgehead atoms. The second-order valence-corrected chi connectivity index (χ2v) is 9.63. The Morgan fingerprint density at radius 2 is 1.93 bits per heavy atom. The van der Waals surface area contributed by atoms with Crippen molar-refractivity contribution in [1.29, 1.82) is 0 Å². The average Bonchev–Trinajstić information content (AvgIpc) is 3.00. The van der Waals surface area contributed by atoms with Crippen LogP contribution in [0.15, 0.2) is 72.1 Å². The maximum absolute atomic E-state index is 13.5. The molecular formula is C32H33ClFN5O3. The van der Waals surface area contributed by atoms with Gasteiger partial charge in [0.1, 0.15) is 36.9 Å². The van der Waals surface area contributed by atoms with E-state index in [1.165, 1.54) is 18.5 Å². The molecular weight excluding hydrogens is 557 g/mol. The lowest BCUT2D eigenvalue weighted by atomic mass is 10.1. The van der Waals surface area contributed by atoms with Crippen molar-refractivity contribution in [2.24, 2.45) is 5.16 Å². The predicted molar refractivity (Wildman–Crippen MR) is 165 cm³/mol. The number of rotatable bonds is 14. The van der Waals surface area contributed by atoms with E-state index >= 15 is 0 Å². The summed E-state index contributed by atoms with van der Waals surface area (Å²) in [5.74, 6) is 6.71. The van der Waals surface area contributed by atoms with Gasteiger partial charge in [0.2, 0.25) is 0 Å². The molecule has 0 amide bonds. The number of halogens is 2. The molecule has 4 aromatic rings. The monoisotopic (exact) mass is 589 g/mol. The molecule has 1 heterocycles. The van der Waals surface area contributed by atoms with Crippen molar-refractivity contribution in [1.82, 2.24) is 14.9 Å². The Morgan fingerprint density at radius 3 is 2.69 bits per heavy atom. The number of likely N-dealkylation sites (N-methyl/N-ethyl adjacent to an activating group) is 1. The van der Waals surface area contributed by atoms with E-state index in [-0.39, 0.29) is 12.4 Å². The van der Waals surface area contributed by atoms with E-state index in [0.717, 1.165) is 36.1 Å². The molecule has 1 N–H and O–H groups in total. The summed E-state index contributed by atoms with van der Waals surface area (Å²) in [5.41, 5.74) is 3.46. The third kappa shape index (κ3) is 8.63. The van der Waals surface area contributed by atoms with Crippen molar-refractivity contribution in [2.45, 2.75) is 20.5 Å². The number of benzene rings is 3. The van der Waals surface area contributed by atoms with Gasteiger partial charge in [-0.3, -0.25) is 4.90 Å². The number of anilines is 2. The molecule has 0 fully saturated rings. The quantitative estimate of drug-likeness (QED) is 0.0782. The van der Waals surface area contributed by atoms with Gasteiger partial charge in [-0.25, -0.2) is 14.4 Å². The first-order valence-electron chi connectivity index (χ1n) is 13.5. The third-order valence-electron chi connectivity index (χ3n) is 6.34. The molecule has 0 spiro atoms. The summed E-state index contributed by atoms with van der Waals surface area (Å²) in [6.07, 6.45) is 1.50. The molecule has 0 aliphatic rings. The summed E-state index contributed by atoms with van der Waals surface area (Å²) in [6.45, 7) is 7.60. The fraction of sp³-hybridized carbons (Fsp3) is 0.281. The number of hydrogen-bond acceptors (Lipinski definition) is 8. The Morgan fingerprint density at radius 1 is 1.07 bits per heavy atom. The summed E-state index contributed by atoms with van der Waals surface area (Å²) in [4.78, 5) is 16.7. The molecule has 0 aliphatic heterocycles. The minimum Gasteiger partial charge on any atom is -0.487 e. The second kappa shape index (κ2) is 15.7. The molecule has 0 radical (unpaired) electrons. The van der Waals surface area contributed by atoms with E-state index in [2.05, 4.69) is 44.1 Å². The van der Waals surface area contributed by atoms with Crippen LogP contribution in [0.2, 0.25) is 5.02 Å². The van der Waals surface area contributed by atoms with E-state index in [1.54, 1.807) is 38.3 Å². The molecule has 4 rings (SSSR count). The zero-order valence-corrected chi connectivity index (χ0v) is 24.6. The highest BCUT2D eigenvalue weighted by atomic mass is 35.5. The molecule has 42 heavy (non-hydrogen) atoms. The number of oxime groups is 1. The number of fused-ring (bicyclic) bond motifs is 1. The fourth-order valence-corrected chi connectivity index (χ4v) is 4.35. The van der Waals surface area contributed by atoms with Crippen LogP contribution in [0.3, 0.4) is 0 Å². The number of ether oxygens (including phenoxy) is 2. The smallest absolute Gasteiger partial charge is 0.159 e. The van der Waals surface area contributed by atoms with E-state index in [1.807, 2.05) is 24.3 Å². The van der Waals surface area contributed by atoms with Crippen LogP contribution in [0.4, 0.5) is 15.9 Å². The van der Waals surface area contributed by atoms with E-state index in [0.29, 0.717) is 46.8 Å². The highest BCUT2D eigenvalue weighted by molar-refractivity contribution is 6.32. The zero-order valence-electron chi connectivity index (χ0n) is 23.9. The van der Waals surface area contributed by atoms with Gasteiger partial charge < -0.3 is 19.6 Å². The molecule has 10 heteroatoms. The van der Waals surface area contributed by atoms with Gasteiger partial charge in [-0.2, -0.15) is 0 Å². The lowest BCUT2D eigenvalue weighted by Crippen LogP contribution is -2.30. The summed E-state index contributed by atoms with van der Waals surface area (Å²) < 4.78 is 24.4. The molecule has 1 aromatic heterocycles. The van der Waals surface area contributed by atoms with Gasteiger partial charge in [-0.05, 0) is 73.5 Å². The van der Waals surface area contributed by atoms with Crippen LogP contribution >= 0.6 is 11.6 Å². The number of aromatic nitrogens is 2. The van der Waals surface area contributed by atoms with Gasteiger partial charge in [-0.15, -0.1) is 0 Å². The highest BCUT2D eigenvalue weighted by Gasteiger charge is 2.11. The van der Waals surface area contributed by atoms with Crippen molar-refractivity contribution in [3.63, 3.8) is 0 Å². The summed E-state index contributed by atoms with van der Waals surface area (Å²) in [5, 5.41) is 8.83. The lowest BCUT2D eigenvalue weighted by molar-refractivity contribution is 0.0953. The minimum absolute atomic E-state index is 0.197. The van der Waals surface area contributed by atoms with E-state index < -0.39 is 0 Å². The van der Waals surface area contributed by atoms with Crippen LogP contribution in [0.5, 0.6) is 5.75 Å². The van der Waals surface area contributed by atoms with Gasteiger partial charge in [0.25, 0.3) is 0 Å². The van der Waals surface area contributed by atoms with Crippen molar-refractivity contribution < 1.29 is 18.7 Å². The Hall–Kier alpha value is -4.23. The molecule has 8 nitrogen and oxygen atoms in total. The number of nitrogens with one attached hydrogen (secondary N) is 1. The molecule has 218 valence electrons. The van der Waals surface area contributed by atoms with Crippen LogP contribution in [-0.2, 0) is 16.2 Å². The minimum atomic E-state index is -0.313. The van der Waals surface area contributed by atoms with Crippen molar-refractivity contribution in [3.8, 4) is 17.6 Å². The lowest BCUT2D eigenvalue weighted by Gasteiger charge is -2.18. The fourth-order valence-electron chi connectivity index (χ4n) is 4.12. The van der Waals surface area contributed by atoms with Gasteiger partial charge in [0.05, 0.1) is 17.1 Å². The molecule has 3 aromatic carbocycles. The van der Waals surface area contributed by atoms with Crippen LogP contribution in [0.25, 0.3) is 10.9 Å². The van der Waals surface area contributed by atoms with E-state index in [9.17, 15) is 4.39 Å². The zero-order chi connectivity index (χ0) is 29.7. The number of hydrogen-bond donors (Lipinski definition) is 1. The predicted octanol–water partition coefficient (Wildman–Crippen LogP) is 6.46. The average molecular weight is 590 g/mol. The van der Waals surface area contributed by atoms with Crippen LogP contribution in [0.1, 0.15) is 25.0 Å². The van der Waals surface area contributed by atoms with Gasteiger partial charge in [-0.1, -0.05) is 41.7 Å². The summed E-state index contributed by atoms with van der Waals surface area (Å²) in [6, 6.07) is 17.3. The maximum Gasteiger partial charge on any atom is 0.159 e. The standard InChI is InChI=1S/C32H33ClFN5O3/c1-4-7-29(38-42-17-15-39(5-2)14-16-40-3)24-10-12-30-27(19-24)32(36-22-35-30)37-26-11-13-31(28(33)20-26)41-21-23-8-6-9-25(34)18-23/h6,8-13,18-20,22H,5,14-17,21H2,1-3H3,(H,35,36,37)/b38-29+. The van der Waals surface area contributed by atoms with E-state index in [4.69, 9.17) is 25.9 Å². The third-order valence-corrected chi connectivity index (χ3v) is 6.64. The first kappa shape index (κ1) is 30.7. The van der Waals surface area contributed by atoms with Crippen LogP contribution < -0.4 is 10.1 Å². The topological polar surface area (TPSA) is 81.1 Å². The van der Waals surface area contributed by atoms with Crippen molar-refractivity contribution >= 4 is 39.7 Å². The normalized spacial score (nSPS) is 11.3. The number of nitrogens with zero attached hydrogens (tertiary/aromatic N) is 4. The van der Waals surface area contributed by atoms with Crippen molar-refractivity contribution in [2.75, 3.05) is 45.3 Å². The van der Waals surface area contributed by atoms with Gasteiger partial charge in [0.15, 0.2) is 5.71 Å². The molecule has 0 atom stereocenters. The van der Waals surface area contributed by atoms with Crippen molar-refractivity contribution in [3.05, 3.63) is 89.0 Å². The maximum atomic E-state index is 13.5. The Labute approximate surface area is 250 Å². The van der Waals surface area contributed by atoms with Crippen LogP contribution in [0, 0.1) is 17.7 Å². The largest absolute Gasteiger partial charge is 0.487 e. The molecule has 0 saturated heterocycles. The summed E-state index contributed by atoms with van der Waals surface area (Å²) in [7, 11) is 1.69. The molecule has 0 saturated carbocycles. The Bertz CT molecular complexity index is 1590. The van der Waals surface area contributed by atoms with Crippen LogP contribution in [-0.4, -0.2) is 60.5 Å². The SMILES string of the molecule is CC#C/C(=N\OCCN(CC)CCOC)c1ccc2ncnc(Nc3ccc(OCc4cccc(F)c4)c(Cl)c3)c2c1. The first-order chi connectivity index (χ1) is 20.5. The Kier molecular flexibility index (Phi) is 11.5. The first-order valence-corrected chi connectivity index (χ1v) is 13.9. The molecule has 0 aliphatic carbocycles. The highest BCUT2D eigenvalue weighted by Crippen LogP contribution is 2.31. The second-order valence-electron chi connectivity index (χ2n) is 9.22. The van der Waals surface area contributed by atoms with Gasteiger partial charge in [0, 0.05) is 36.8 Å². The Balaban J connectivity index is 1.49. The van der Waals surface area contributed by atoms with Gasteiger partial charge >= 0.3 is 0 Å².